The van der Waals surface area contributed by atoms with Crippen molar-refractivity contribution in [3.63, 3.8) is 0 Å². The molecule has 2 aromatic rings. The SMILES string of the molecule is Cc1cccc(C)c1OCc1ncon1. The van der Waals surface area contributed by atoms with Gasteiger partial charge >= 0.3 is 0 Å². The fraction of sp³-hybridized carbons (Fsp3) is 0.273. The summed E-state index contributed by atoms with van der Waals surface area (Å²) in [5.74, 6) is 1.44. The van der Waals surface area contributed by atoms with Crippen molar-refractivity contribution in [1.82, 2.24) is 10.1 Å². The van der Waals surface area contributed by atoms with E-state index >= 15 is 0 Å². The van der Waals surface area contributed by atoms with Gasteiger partial charge in [0, 0.05) is 0 Å². The fourth-order valence-electron chi connectivity index (χ4n) is 1.42. The second-order valence-electron chi connectivity index (χ2n) is 3.36. The molecule has 1 heterocycles. The minimum atomic E-state index is 0.336. The van der Waals surface area contributed by atoms with Crippen LogP contribution in [0.25, 0.3) is 0 Å². The molecule has 0 atom stereocenters. The summed E-state index contributed by atoms with van der Waals surface area (Å²) in [6.07, 6.45) is 1.30. The highest BCUT2D eigenvalue weighted by atomic mass is 16.5. The lowest BCUT2D eigenvalue weighted by atomic mass is 10.1. The predicted octanol–water partition coefficient (Wildman–Crippen LogP) is 2.27. The second kappa shape index (κ2) is 4.13. The highest BCUT2D eigenvalue weighted by molar-refractivity contribution is 5.39. The summed E-state index contributed by atoms with van der Waals surface area (Å²) in [7, 11) is 0. The van der Waals surface area contributed by atoms with Crippen molar-refractivity contribution in [2.45, 2.75) is 20.5 Å². The van der Waals surface area contributed by atoms with Crippen LogP contribution in [0.15, 0.2) is 29.1 Å². The van der Waals surface area contributed by atoms with Gasteiger partial charge in [-0.1, -0.05) is 23.4 Å². The monoisotopic (exact) mass is 204 g/mol. The van der Waals surface area contributed by atoms with Crippen LogP contribution in [-0.4, -0.2) is 10.1 Å². The molecule has 4 heteroatoms. The fourth-order valence-corrected chi connectivity index (χ4v) is 1.42. The van der Waals surface area contributed by atoms with E-state index in [0.717, 1.165) is 16.9 Å². The van der Waals surface area contributed by atoms with Crippen molar-refractivity contribution >= 4 is 0 Å². The predicted molar refractivity (Wildman–Crippen MR) is 54.5 cm³/mol. The van der Waals surface area contributed by atoms with Gasteiger partial charge in [0.1, 0.15) is 5.75 Å². The molecule has 0 saturated carbocycles. The summed E-state index contributed by atoms with van der Waals surface area (Å²) in [6, 6.07) is 6.03. The Morgan fingerprint density at radius 1 is 1.27 bits per heavy atom. The molecular weight excluding hydrogens is 192 g/mol. The van der Waals surface area contributed by atoms with E-state index in [1.165, 1.54) is 6.39 Å². The zero-order chi connectivity index (χ0) is 10.7. The first-order chi connectivity index (χ1) is 7.27. The number of benzene rings is 1. The summed E-state index contributed by atoms with van der Waals surface area (Å²) < 4.78 is 10.2. The number of ether oxygens (including phenoxy) is 1. The molecule has 1 aromatic heterocycles. The molecule has 1 aromatic carbocycles. The third-order valence-corrected chi connectivity index (χ3v) is 2.16. The van der Waals surface area contributed by atoms with Crippen LogP contribution in [0.5, 0.6) is 5.75 Å². The molecule has 2 rings (SSSR count). The van der Waals surface area contributed by atoms with E-state index in [9.17, 15) is 0 Å². The van der Waals surface area contributed by atoms with Gasteiger partial charge in [-0.25, -0.2) is 0 Å². The third kappa shape index (κ3) is 2.15. The van der Waals surface area contributed by atoms with Gasteiger partial charge in [-0.3, -0.25) is 0 Å². The van der Waals surface area contributed by atoms with Gasteiger partial charge in [0.25, 0.3) is 0 Å². The zero-order valence-corrected chi connectivity index (χ0v) is 8.73. The van der Waals surface area contributed by atoms with Crippen LogP contribution in [0.3, 0.4) is 0 Å². The Morgan fingerprint density at radius 2 is 2.00 bits per heavy atom. The summed E-state index contributed by atoms with van der Waals surface area (Å²) in [4.78, 5) is 3.89. The Hall–Kier alpha value is -1.84. The summed E-state index contributed by atoms with van der Waals surface area (Å²) >= 11 is 0. The Morgan fingerprint density at radius 3 is 2.60 bits per heavy atom. The van der Waals surface area contributed by atoms with E-state index < -0.39 is 0 Å². The van der Waals surface area contributed by atoms with Gasteiger partial charge < -0.3 is 9.26 Å². The molecule has 4 nitrogen and oxygen atoms in total. The second-order valence-corrected chi connectivity index (χ2v) is 3.36. The lowest BCUT2D eigenvalue weighted by Gasteiger charge is -2.09. The molecule has 0 fully saturated rings. The molecule has 0 saturated heterocycles. The van der Waals surface area contributed by atoms with E-state index in [-0.39, 0.29) is 0 Å². The average molecular weight is 204 g/mol. The molecule has 0 aliphatic rings. The molecule has 0 aliphatic heterocycles. The Balaban J connectivity index is 2.11. The van der Waals surface area contributed by atoms with E-state index in [2.05, 4.69) is 14.7 Å². The minimum absolute atomic E-state index is 0.336. The van der Waals surface area contributed by atoms with Gasteiger partial charge in [-0.2, -0.15) is 4.98 Å². The van der Waals surface area contributed by atoms with E-state index in [0.29, 0.717) is 12.4 Å². The van der Waals surface area contributed by atoms with E-state index in [1.807, 2.05) is 32.0 Å². The molecule has 0 N–H and O–H groups in total. The molecule has 0 amide bonds. The van der Waals surface area contributed by atoms with Crippen molar-refractivity contribution in [2.24, 2.45) is 0 Å². The number of hydrogen-bond acceptors (Lipinski definition) is 4. The number of rotatable bonds is 3. The summed E-state index contributed by atoms with van der Waals surface area (Å²) in [5.41, 5.74) is 2.22. The quantitative estimate of drug-likeness (QED) is 0.769. The van der Waals surface area contributed by atoms with Gasteiger partial charge in [0.05, 0.1) is 0 Å². The molecule has 0 aliphatic carbocycles. The van der Waals surface area contributed by atoms with Crippen molar-refractivity contribution in [2.75, 3.05) is 0 Å². The molecule has 0 unspecified atom stereocenters. The number of hydrogen-bond donors (Lipinski definition) is 0. The van der Waals surface area contributed by atoms with E-state index in [4.69, 9.17) is 4.74 Å². The molecule has 78 valence electrons. The normalized spacial score (nSPS) is 10.3. The molecule has 0 spiro atoms. The maximum atomic E-state index is 5.63. The van der Waals surface area contributed by atoms with Gasteiger partial charge in [-0.15, -0.1) is 0 Å². The van der Waals surface area contributed by atoms with Crippen molar-refractivity contribution in [1.29, 1.82) is 0 Å². The maximum absolute atomic E-state index is 5.63. The Kier molecular flexibility index (Phi) is 2.67. The van der Waals surface area contributed by atoms with Crippen LogP contribution in [0.1, 0.15) is 17.0 Å². The average Bonchev–Trinajstić information content (AvgIpc) is 2.70. The summed E-state index contributed by atoms with van der Waals surface area (Å²) in [6.45, 7) is 4.36. The molecule has 15 heavy (non-hydrogen) atoms. The number of aromatic nitrogens is 2. The number of aryl methyl sites for hydroxylation is 2. The van der Waals surface area contributed by atoms with Crippen LogP contribution in [0.2, 0.25) is 0 Å². The standard InChI is InChI=1S/C11H12N2O2/c1-8-4-3-5-9(2)11(8)14-6-10-12-7-15-13-10/h3-5,7H,6H2,1-2H3. The first-order valence-corrected chi connectivity index (χ1v) is 4.71. The van der Waals surface area contributed by atoms with Crippen LogP contribution < -0.4 is 4.74 Å². The smallest absolute Gasteiger partial charge is 0.213 e. The highest BCUT2D eigenvalue weighted by Gasteiger charge is 2.05. The van der Waals surface area contributed by atoms with Crippen LogP contribution in [-0.2, 0) is 6.61 Å². The number of nitrogens with zero attached hydrogens (tertiary/aromatic N) is 2. The Bertz CT molecular complexity index is 418. The largest absolute Gasteiger partial charge is 0.485 e. The van der Waals surface area contributed by atoms with E-state index in [1.54, 1.807) is 0 Å². The van der Waals surface area contributed by atoms with Gasteiger partial charge in [-0.05, 0) is 25.0 Å². The van der Waals surface area contributed by atoms with Crippen molar-refractivity contribution < 1.29 is 9.26 Å². The minimum Gasteiger partial charge on any atom is -0.485 e. The van der Waals surface area contributed by atoms with Gasteiger partial charge in [0.15, 0.2) is 6.61 Å². The lowest BCUT2D eigenvalue weighted by Crippen LogP contribution is -2.00. The molecule has 0 bridgehead atoms. The lowest BCUT2D eigenvalue weighted by molar-refractivity contribution is 0.283. The Labute approximate surface area is 87.9 Å². The van der Waals surface area contributed by atoms with Crippen molar-refractivity contribution in [3.8, 4) is 5.75 Å². The first kappa shape index (κ1) is 9.71. The number of para-hydroxylation sites is 1. The molecule has 0 radical (unpaired) electrons. The van der Waals surface area contributed by atoms with Crippen LogP contribution in [0, 0.1) is 13.8 Å². The maximum Gasteiger partial charge on any atom is 0.213 e. The summed E-state index contributed by atoms with van der Waals surface area (Å²) in [5, 5.41) is 3.68. The van der Waals surface area contributed by atoms with Crippen molar-refractivity contribution in [3.05, 3.63) is 41.5 Å². The van der Waals surface area contributed by atoms with Crippen LogP contribution >= 0.6 is 0 Å². The van der Waals surface area contributed by atoms with Gasteiger partial charge in [0.2, 0.25) is 12.2 Å². The highest BCUT2D eigenvalue weighted by Crippen LogP contribution is 2.22. The third-order valence-electron chi connectivity index (χ3n) is 2.16. The topological polar surface area (TPSA) is 48.2 Å². The van der Waals surface area contributed by atoms with Crippen LogP contribution in [0.4, 0.5) is 0 Å². The zero-order valence-electron chi connectivity index (χ0n) is 8.73. The first-order valence-electron chi connectivity index (χ1n) is 4.71. The molecular formula is C11H12N2O2.